The molecule has 1 fully saturated rings. The van der Waals surface area contributed by atoms with Gasteiger partial charge in [-0.3, -0.25) is 0 Å². The summed E-state index contributed by atoms with van der Waals surface area (Å²) in [5.41, 5.74) is 0. The van der Waals surface area contributed by atoms with Crippen LogP contribution >= 0.6 is 0 Å². The van der Waals surface area contributed by atoms with Gasteiger partial charge in [0.2, 0.25) is 0 Å². The van der Waals surface area contributed by atoms with E-state index in [1.165, 1.54) is 45.3 Å². The fraction of sp³-hybridized carbons (Fsp3) is 1.00. The molecule has 16 heavy (non-hydrogen) atoms. The van der Waals surface area contributed by atoms with Gasteiger partial charge in [-0.1, -0.05) is 13.8 Å². The summed E-state index contributed by atoms with van der Waals surface area (Å²) < 4.78 is 0. The Bertz CT molecular complexity index is 180. The van der Waals surface area contributed by atoms with Crippen LogP contribution in [0.15, 0.2) is 0 Å². The van der Waals surface area contributed by atoms with Gasteiger partial charge < -0.3 is 10.2 Å². The molecule has 0 aromatic rings. The van der Waals surface area contributed by atoms with E-state index in [1.807, 2.05) is 0 Å². The summed E-state index contributed by atoms with van der Waals surface area (Å²) in [5.74, 6) is 0.845. The SMILES string of the molecule is CC(C)CCC(C)N1CCCNC(C)CC1. The van der Waals surface area contributed by atoms with Crippen LogP contribution in [0.1, 0.15) is 53.4 Å². The zero-order valence-corrected chi connectivity index (χ0v) is 11.6. The first-order chi connectivity index (χ1) is 7.59. The van der Waals surface area contributed by atoms with Crippen LogP contribution in [0, 0.1) is 5.92 Å². The second-order valence-corrected chi connectivity index (χ2v) is 5.85. The van der Waals surface area contributed by atoms with Crippen molar-refractivity contribution in [3.05, 3.63) is 0 Å². The average Bonchev–Trinajstić information content (AvgIpc) is 2.21. The Labute approximate surface area is 102 Å². The molecule has 0 aliphatic carbocycles. The van der Waals surface area contributed by atoms with Crippen LogP contribution in [0.3, 0.4) is 0 Å². The van der Waals surface area contributed by atoms with E-state index in [-0.39, 0.29) is 0 Å². The molecule has 0 aromatic carbocycles. The highest BCUT2D eigenvalue weighted by molar-refractivity contribution is 4.74. The number of rotatable bonds is 4. The third-order valence-electron chi connectivity index (χ3n) is 3.75. The van der Waals surface area contributed by atoms with Gasteiger partial charge in [-0.25, -0.2) is 0 Å². The Morgan fingerprint density at radius 1 is 1.19 bits per heavy atom. The van der Waals surface area contributed by atoms with E-state index in [2.05, 4.69) is 37.9 Å². The predicted octanol–water partition coefficient (Wildman–Crippen LogP) is 2.89. The summed E-state index contributed by atoms with van der Waals surface area (Å²) in [6, 6.07) is 1.47. The van der Waals surface area contributed by atoms with E-state index >= 15 is 0 Å². The van der Waals surface area contributed by atoms with Crippen molar-refractivity contribution in [2.24, 2.45) is 5.92 Å². The normalized spacial score (nSPS) is 26.4. The van der Waals surface area contributed by atoms with Gasteiger partial charge in [-0.15, -0.1) is 0 Å². The van der Waals surface area contributed by atoms with Crippen LogP contribution in [-0.4, -0.2) is 36.6 Å². The Morgan fingerprint density at radius 3 is 2.62 bits per heavy atom. The van der Waals surface area contributed by atoms with Crippen molar-refractivity contribution >= 4 is 0 Å². The molecule has 0 bridgehead atoms. The van der Waals surface area contributed by atoms with Crippen molar-refractivity contribution in [3.8, 4) is 0 Å². The van der Waals surface area contributed by atoms with E-state index < -0.39 is 0 Å². The summed E-state index contributed by atoms with van der Waals surface area (Å²) >= 11 is 0. The van der Waals surface area contributed by atoms with E-state index in [0.717, 1.165) is 12.0 Å². The molecule has 2 heteroatoms. The first kappa shape index (κ1) is 14.0. The lowest BCUT2D eigenvalue weighted by Gasteiger charge is -2.33. The second kappa shape index (κ2) is 7.29. The molecule has 1 saturated heterocycles. The minimum absolute atomic E-state index is 0.695. The molecule has 0 aromatic heterocycles. The standard InChI is InChI=1S/C14H30N2/c1-12(2)6-7-14(4)16-10-5-9-15-13(3)8-11-16/h12-15H,5-11H2,1-4H3. The number of nitrogens with zero attached hydrogens (tertiary/aromatic N) is 1. The topological polar surface area (TPSA) is 15.3 Å². The summed E-state index contributed by atoms with van der Waals surface area (Å²) in [4.78, 5) is 2.69. The molecule has 2 unspecified atom stereocenters. The summed E-state index contributed by atoms with van der Waals surface area (Å²) in [5, 5.41) is 3.57. The molecule has 1 N–H and O–H groups in total. The first-order valence-corrected chi connectivity index (χ1v) is 7.07. The van der Waals surface area contributed by atoms with E-state index in [1.54, 1.807) is 0 Å². The molecule has 96 valence electrons. The smallest absolute Gasteiger partial charge is 0.00670 e. The third-order valence-corrected chi connectivity index (χ3v) is 3.75. The van der Waals surface area contributed by atoms with Crippen molar-refractivity contribution in [1.82, 2.24) is 10.2 Å². The zero-order valence-electron chi connectivity index (χ0n) is 11.6. The highest BCUT2D eigenvalue weighted by atomic mass is 15.2. The lowest BCUT2D eigenvalue weighted by atomic mass is 10.0. The highest BCUT2D eigenvalue weighted by Gasteiger charge is 2.16. The molecule has 2 nitrogen and oxygen atoms in total. The van der Waals surface area contributed by atoms with Gasteiger partial charge in [-0.2, -0.15) is 0 Å². The molecule has 1 aliphatic heterocycles. The van der Waals surface area contributed by atoms with Crippen molar-refractivity contribution in [2.75, 3.05) is 19.6 Å². The second-order valence-electron chi connectivity index (χ2n) is 5.85. The summed E-state index contributed by atoms with van der Waals surface area (Å²) in [6.45, 7) is 13.1. The maximum absolute atomic E-state index is 3.57. The Kier molecular flexibility index (Phi) is 6.37. The first-order valence-electron chi connectivity index (χ1n) is 7.07. The van der Waals surface area contributed by atoms with Crippen LogP contribution in [0.2, 0.25) is 0 Å². The molecular formula is C14H30N2. The Hall–Kier alpha value is -0.0800. The minimum Gasteiger partial charge on any atom is -0.314 e. The van der Waals surface area contributed by atoms with Crippen molar-refractivity contribution in [2.45, 2.75) is 65.5 Å². The molecule has 0 amide bonds. The lowest BCUT2D eigenvalue weighted by molar-refractivity contribution is 0.171. The molecule has 2 atom stereocenters. The van der Waals surface area contributed by atoms with Crippen molar-refractivity contribution in [1.29, 1.82) is 0 Å². The summed E-state index contributed by atoms with van der Waals surface area (Å²) in [7, 11) is 0. The molecule has 0 radical (unpaired) electrons. The van der Waals surface area contributed by atoms with Gasteiger partial charge >= 0.3 is 0 Å². The fourth-order valence-corrected chi connectivity index (χ4v) is 2.40. The van der Waals surface area contributed by atoms with Crippen LogP contribution in [0.25, 0.3) is 0 Å². The van der Waals surface area contributed by atoms with E-state index in [4.69, 9.17) is 0 Å². The van der Waals surface area contributed by atoms with Crippen molar-refractivity contribution < 1.29 is 0 Å². The number of hydrogen-bond acceptors (Lipinski definition) is 2. The van der Waals surface area contributed by atoms with Crippen LogP contribution in [0.4, 0.5) is 0 Å². The third kappa shape index (κ3) is 5.31. The molecular weight excluding hydrogens is 196 g/mol. The molecule has 0 spiro atoms. The average molecular weight is 226 g/mol. The monoisotopic (exact) mass is 226 g/mol. The van der Waals surface area contributed by atoms with Crippen LogP contribution in [-0.2, 0) is 0 Å². The Balaban J connectivity index is 2.31. The van der Waals surface area contributed by atoms with Gasteiger partial charge in [0.05, 0.1) is 0 Å². The maximum Gasteiger partial charge on any atom is 0.00670 e. The van der Waals surface area contributed by atoms with Gasteiger partial charge in [0.1, 0.15) is 0 Å². The van der Waals surface area contributed by atoms with E-state index in [0.29, 0.717) is 6.04 Å². The van der Waals surface area contributed by atoms with Crippen LogP contribution < -0.4 is 5.32 Å². The van der Waals surface area contributed by atoms with E-state index in [9.17, 15) is 0 Å². The van der Waals surface area contributed by atoms with Gasteiger partial charge in [0, 0.05) is 12.1 Å². The molecule has 0 saturated carbocycles. The van der Waals surface area contributed by atoms with Gasteiger partial charge in [-0.05, 0) is 65.1 Å². The van der Waals surface area contributed by atoms with Crippen LogP contribution in [0.5, 0.6) is 0 Å². The van der Waals surface area contributed by atoms with Gasteiger partial charge in [0.15, 0.2) is 0 Å². The molecule has 1 rings (SSSR count). The summed E-state index contributed by atoms with van der Waals surface area (Å²) in [6.07, 6.45) is 5.33. The highest BCUT2D eigenvalue weighted by Crippen LogP contribution is 2.14. The molecule has 1 heterocycles. The molecule has 1 aliphatic rings. The largest absolute Gasteiger partial charge is 0.314 e. The van der Waals surface area contributed by atoms with Crippen molar-refractivity contribution in [3.63, 3.8) is 0 Å². The minimum atomic E-state index is 0.695. The lowest BCUT2D eigenvalue weighted by Crippen LogP contribution is -2.42. The number of hydrogen-bond donors (Lipinski definition) is 1. The zero-order chi connectivity index (χ0) is 12.0. The quantitative estimate of drug-likeness (QED) is 0.793. The number of nitrogens with one attached hydrogen (secondary N) is 1. The maximum atomic E-state index is 3.57. The Morgan fingerprint density at radius 2 is 1.94 bits per heavy atom. The fourth-order valence-electron chi connectivity index (χ4n) is 2.40. The van der Waals surface area contributed by atoms with Gasteiger partial charge in [0.25, 0.3) is 0 Å². The predicted molar refractivity (Wildman–Crippen MR) is 71.8 cm³/mol.